The Bertz CT molecular complexity index is 1640. The van der Waals surface area contributed by atoms with Crippen LogP contribution in [0.5, 0.6) is 0 Å². The molecule has 196 valence electrons. The van der Waals surface area contributed by atoms with E-state index in [1.165, 1.54) is 17.8 Å². The molecule has 0 unspecified atom stereocenters. The van der Waals surface area contributed by atoms with Gasteiger partial charge in [-0.25, -0.2) is 4.39 Å². The summed E-state index contributed by atoms with van der Waals surface area (Å²) in [6.45, 7) is 9.02. The number of aromatic nitrogens is 6. The Morgan fingerprint density at radius 1 is 1.00 bits per heavy atom. The van der Waals surface area contributed by atoms with Crippen LogP contribution in [0.1, 0.15) is 40.5 Å². The Labute approximate surface area is 225 Å². The lowest BCUT2D eigenvalue weighted by molar-refractivity contribution is 0.170. The standard InChI is InChI=1S/C28H31FN8S/c1-27(2)11-21(12-28(3,4)35-27)32-20-8-17-9-22(6-7-24(17)30-14-20)38-26-34-33-25-23(29)10-18(16-37(25)26)19-13-31-36(5)15-19/h6-10,13-16,21,32,35H,11-12H2,1-5H3. The summed E-state index contributed by atoms with van der Waals surface area (Å²) in [5.41, 5.74) is 3.79. The molecule has 0 aliphatic carbocycles. The highest BCUT2D eigenvalue weighted by Crippen LogP contribution is 2.33. The highest BCUT2D eigenvalue weighted by molar-refractivity contribution is 7.99. The van der Waals surface area contributed by atoms with Crippen molar-refractivity contribution in [1.82, 2.24) is 34.7 Å². The monoisotopic (exact) mass is 530 g/mol. The first-order chi connectivity index (χ1) is 18.0. The molecule has 38 heavy (non-hydrogen) atoms. The maximum Gasteiger partial charge on any atom is 0.200 e. The molecule has 0 bridgehead atoms. The van der Waals surface area contributed by atoms with Gasteiger partial charge in [-0.15, -0.1) is 10.2 Å². The van der Waals surface area contributed by atoms with Gasteiger partial charge in [-0.2, -0.15) is 5.10 Å². The lowest BCUT2D eigenvalue weighted by Crippen LogP contribution is -2.60. The molecule has 0 amide bonds. The van der Waals surface area contributed by atoms with Crippen molar-refractivity contribution in [1.29, 1.82) is 0 Å². The second-order valence-electron chi connectivity index (χ2n) is 11.5. The summed E-state index contributed by atoms with van der Waals surface area (Å²) in [6, 6.07) is 10.1. The number of benzene rings is 1. The third kappa shape index (κ3) is 4.98. The van der Waals surface area contributed by atoms with Crippen LogP contribution in [0.4, 0.5) is 10.1 Å². The van der Waals surface area contributed by atoms with Crippen molar-refractivity contribution in [3.8, 4) is 11.1 Å². The topological polar surface area (TPSA) is 85.0 Å². The quantitative estimate of drug-likeness (QED) is 0.302. The summed E-state index contributed by atoms with van der Waals surface area (Å²) in [4.78, 5) is 5.66. The van der Waals surface area contributed by atoms with Crippen molar-refractivity contribution in [2.75, 3.05) is 5.32 Å². The lowest BCUT2D eigenvalue weighted by atomic mass is 9.79. The minimum Gasteiger partial charge on any atom is -0.381 e. The Morgan fingerprint density at radius 2 is 1.79 bits per heavy atom. The number of nitrogens with zero attached hydrogens (tertiary/aromatic N) is 6. The van der Waals surface area contributed by atoms with Gasteiger partial charge in [-0.05, 0) is 82.6 Å². The molecule has 0 radical (unpaired) electrons. The normalized spacial score (nSPS) is 17.3. The van der Waals surface area contributed by atoms with E-state index in [0.29, 0.717) is 16.8 Å². The molecule has 1 saturated heterocycles. The molecule has 10 heteroatoms. The van der Waals surface area contributed by atoms with Gasteiger partial charge in [0.1, 0.15) is 0 Å². The molecule has 4 aromatic heterocycles. The van der Waals surface area contributed by atoms with Gasteiger partial charge < -0.3 is 10.6 Å². The van der Waals surface area contributed by atoms with Crippen LogP contribution in [0, 0.1) is 5.82 Å². The predicted octanol–water partition coefficient (Wildman–Crippen LogP) is 5.69. The number of rotatable bonds is 5. The van der Waals surface area contributed by atoms with E-state index < -0.39 is 5.82 Å². The Balaban J connectivity index is 1.28. The van der Waals surface area contributed by atoms with E-state index >= 15 is 0 Å². The molecule has 2 N–H and O–H groups in total. The maximum atomic E-state index is 14.9. The van der Waals surface area contributed by atoms with Gasteiger partial charge >= 0.3 is 0 Å². The van der Waals surface area contributed by atoms with Gasteiger partial charge in [0.05, 0.1) is 23.6 Å². The summed E-state index contributed by atoms with van der Waals surface area (Å²) in [5, 5.41) is 21.6. The molecule has 5 heterocycles. The van der Waals surface area contributed by atoms with Crippen LogP contribution in [0.3, 0.4) is 0 Å². The largest absolute Gasteiger partial charge is 0.381 e. The number of nitrogens with one attached hydrogen (secondary N) is 2. The van der Waals surface area contributed by atoms with E-state index in [-0.39, 0.29) is 16.7 Å². The number of aryl methyl sites for hydroxylation is 1. The number of anilines is 1. The van der Waals surface area contributed by atoms with Crippen LogP contribution in [-0.4, -0.2) is 46.5 Å². The SMILES string of the molecule is Cn1cc(-c2cc(F)c3nnc(Sc4ccc5ncc(NC6CC(C)(C)NC(C)(C)C6)cc5c4)n3c2)cn1. The second-order valence-corrected chi connectivity index (χ2v) is 12.5. The molecule has 1 aromatic carbocycles. The molecule has 5 aromatic rings. The Hall–Kier alpha value is -3.50. The van der Waals surface area contributed by atoms with Crippen LogP contribution in [0.25, 0.3) is 27.7 Å². The van der Waals surface area contributed by atoms with Crippen molar-refractivity contribution in [3.05, 3.63) is 60.9 Å². The molecule has 0 saturated carbocycles. The highest BCUT2D eigenvalue weighted by Gasteiger charge is 2.37. The average Bonchev–Trinajstić information content (AvgIpc) is 3.43. The minimum absolute atomic E-state index is 0.0604. The molecule has 6 rings (SSSR count). The van der Waals surface area contributed by atoms with Gasteiger partial charge in [-0.1, -0.05) is 0 Å². The fourth-order valence-electron chi connectivity index (χ4n) is 5.75. The molecule has 1 aliphatic heterocycles. The van der Waals surface area contributed by atoms with Crippen molar-refractivity contribution >= 4 is 34.0 Å². The summed E-state index contributed by atoms with van der Waals surface area (Å²) >= 11 is 1.44. The van der Waals surface area contributed by atoms with E-state index in [1.807, 2.05) is 37.8 Å². The zero-order valence-electron chi connectivity index (χ0n) is 22.2. The molecule has 1 aliphatic rings. The van der Waals surface area contributed by atoms with Crippen LogP contribution in [0.2, 0.25) is 0 Å². The van der Waals surface area contributed by atoms with Gasteiger partial charge in [0.25, 0.3) is 0 Å². The molecule has 1 fully saturated rings. The molecular formula is C28H31FN8S. The van der Waals surface area contributed by atoms with Gasteiger partial charge in [0.15, 0.2) is 11.5 Å². The minimum atomic E-state index is -0.423. The predicted molar refractivity (Wildman–Crippen MR) is 149 cm³/mol. The third-order valence-corrected chi connectivity index (χ3v) is 7.84. The number of pyridine rings is 2. The fourth-order valence-corrected chi connectivity index (χ4v) is 6.60. The smallest absolute Gasteiger partial charge is 0.200 e. The Kier molecular flexibility index (Phi) is 5.92. The highest BCUT2D eigenvalue weighted by atomic mass is 32.2. The molecule has 0 spiro atoms. The lowest BCUT2D eigenvalue weighted by Gasteiger charge is -2.46. The Morgan fingerprint density at radius 3 is 2.53 bits per heavy atom. The second kappa shape index (κ2) is 9.06. The summed E-state index contributed by atoms with van der Waals surface area (Å²) in [7, 11) is 1.84. The zero-order chi connectivity index (χ0) is 26.7. The summed E-state index contributed by atoms with van der Waals surface area (Å²) in [5.74, 6) is -0.423. The van der Waals surface area contributed by atoms with Gasteiger partial charge in [0, 0.05) is 58.0 Å². The van der Waals surface area contributed by atoms with Crippen LogP contribution < -0.4 is 10.6 Å². The van der Waals surface area contributed by atoms with Crippen LogP contribution >= 0.6 is 11.8 Å². The van der Waals surface area contributed by atoms with Gasteiger partial charge in [0.2, 0.25) is 5.16 Å². The van der Waals surface area contributed by atoms with Crippen LogP contribution in [0.15, 0.2) is 65.2 Å². The average molecular weight is 531 g/mol. The third-order valence-electron chi connectivity index (χ3n) is 6.89. The first-order valence-electron chi connectivity index (χ1n) is 12.7. The van der Waals surface area contributed by atoms with Gasteiger partial charge in [-0.3, -0.25) is 14.1 Å². The fraction of sp³-hybridized carbons (Fsp3) is 0.357. The molecule has 0 atom stereocenters. The van der Waals surface area contributed by atoms with E-state index in [0.717, 1.165) is 39.9 Å². The number of piperidine rings is 1. The summed E-state index contributed by atoms with van der Waals surface area (Å²) in [6.07, 6.45) is 9.39. The number of halogens is 1. The van der Waals surface area contributed by atoms with E-state index in [4.69, 9.17) is 0 Å². The molecule has 8 nitrogen and oxygen atoms in total. The first kappa shape index (κ1) is 24.8. The van der Waals surface area contributed by atoms with Crippen molar-refractivity contribution in [2.45, 2.75) is 67.7 Å². The molecular weight excluding hydrogens is 499 g/mol. The van der Waals surface area contributed by atoms with E-state index in [9.17, 15) is 4.39 Å². The van der Waals surface area contributed by atoms with Crippen LogP contribution in [-0.2, 0) is 7.05 Å². The van der Waals surface area contributed by atoms with E-state index in [1.54, 1.807) is 15.3 Å². The van der Waals surface area contributed by atoms with Crippen molar-refractivity contribution in [3.63, 3.8) is 0 Å². The first-order valence-corrected chi connectivity index (χ1v) is 13.5. The van der Waals surface area contributed by atoms with Crippen molar-refractivity contribution in [2.24, 2.45) is 7.05 Å². The zero-order valence-corrected chi connectivity index (χ0v) is 23.0. The van der Waals surface area contributed by atoms with E-state index in [2.05, 4.69) is 70.7 Å². The number of hydrogen-bond donors (Lipinski definition) is 2. The van der Waals surface area contributed by atoms with Crippen molar-refractivity contribution < 1.29 is 4.39 Å². The summed E-state index contributed by atoms with van der Waals surface area (Å²) < 4.78 is 18.2. The maximum absolute atomic E-state index is 14.9. The number of hydrogen-bond acceptors (Lipinski definition) is 7. The number of fused-ring (bicyclic) bond motifs is 2.